The molecule has 7 nitrogen and oxygen atoms in total. The summed E-state index contributed by atoms with van der Waals surface area (Å²) in [6, 6.07) is 11.3. The molecule has 1 aliphatic heterocycles. The van der Waals surface area contributed by atoms with Crippen molar-refractivity contribution in [2.24, 2.45) is 5.92 Å². The van der Waals surface area contributed by atoms with E-state index < -0.39 is 0 Å². The van der Waals surface area contributed by atoms with Gasteiger partial charge in [-0.25, -0.2) is 0 Å². The van der Waals surface area contributed by atoms with Crippen LogP contribution in [0.3, 0.4) is 0 Å². The number of hydrogen-bond donors (Lipinski definition) is 2. The van der Waals surface area contributed by atoms with Gasteiger partial charge in [0, 0.05) is 42.6 Å². The molecule has 1 fully saturated rings. The molecule has 0 saturated carbocycles. The van der Waals surface area contributed by atoms with Crippen molar-refractivity contribution < 1.29 is 4.79 Å². The number of carbonyl (C=O) groups is 1. The number of benzene rings is 1. The van der Waals surface area contributed by atoms with Gasteiger partial charge in [0.1, 0.15) is 0 Å². The molecule has 1 aromatic carbocycles. The van der Waals surface area contributed by atoms with Gasteiger partial charge in [-0.05, 0) is 36.2 Å². The van der Waals surface area contributed by atoms with Crippen molar-refractivity contribution in [1.82, 2.24) is 25.5 Å². The first kappa shape index (κ1) is 17.6. The number of aromatic nitrogens is 4. The van der Waals surface area contributed by atoms with Crippen molar-refractivity contribution >= 4 is 23.5 Å². The summed E-state index contributed by atoms with van der Waals surface area (Å²) in [5.41, 5.74) is 1.95. The topological polar surface area (TPSA) is 86.8 Å². The van der Waals surface area contributed by atoms with Gasteiger partial charge < -0.3 is 5.32 Å². The zero-order chi connectivity index (χ0) is 18.6. The summed E-state index contributed by atoms with van der Waals surface area (Å²) >= 11 is 5.95. The van der Waals surface area contributed by atoms with Crippen molar-refractivity contribution in [2.75, 3.05) is 24.5 Å². The first-order chi connectivity index (χ1) is 13.2. The molecule has 1 amide bonds. The average molecular weight is 383 g/mol. The Hall–Kier alpha value is -2.77. The smallest absolute Gasteiger partial charge is 0.251 e. The number of amides is 1. The molecule has 4 rings (SSSR count). The van der Waals surface area contributed by atoms with Crippen LogP contribution in [0.15, 0.2) is 48.8 Å². The maximum atomic E-state index is 13.1. The number of hydrogen-bond acceptors (Lipinski definition) is 5. The summed E-state index contributed by atoms with van der Waals surface area (Å²) in [6.07, 6.45) is 4.03. The average Bonchev–Trinajstić information content (AvgIpc) is 3.11. The van der Waals surface area contributed by atoms with E-state index in [1.165, 1.54) is 0 Å². The monoisotopic (exact) mass is 382 g/mol. The largest absolute Gasteiger partial charge is 0.314 e. The molecular formula is C19H19ClN6O. The van der Waals surface area contributed by atoms with Crippen LogP contribution in [0, 0.1) is 5.92 Å². The number of nitrogens with zero attached hydrogens (tertiary/aromatic N) is 4. The standard InChI is InChI=1S/C19H19ClN6O/c20-16-3-1-13(2-4-16)11-15-12-22-9-10-26(18(15)27)19-23-17(24-25-19)14-5-7-21-8-6-14/h1-8,15,22H,9-12H2,(H,23,24,25)/t15-/m1/s1. The Kier molecular flexibility index (Phi) is 5.13. The summed E-state index contributed by atoms with van der Waals surface area (Å²) in [5, 5.41) is 11.2. The molecule has 27 heavy (non-hydrogen) atoms. The Morgan fingerprint density at radius 1 is 1.15 bits per heavy atom. The van der Waals surface area contributed by atoms with E-state index in [0.717, 1.165) is 11.1 Å². The van der Waals surface area contributed by atoms with E-state index in [4.69, 9.17) is 11.6 Å². The lowest BCUT2D eigenvalue weighted by molar-refractivity contribution is -0.121. The zero-order valence-electron chi connectivity index (χ0n) is 14.6. The fraction of sp³-hybridized carbons (Fsp3) is 0.263. The second-order valence-corrected chi connectivity index (χ2v) is 6.88. The predicted molar refractivity (Wildman–Crippen MR) is 103 cm³/mol. The van der Waals surface area contributed by atoms with Crippen molar-refractivity contribution in [1.29, 1.82) is 0 Å². The molecule has 0 unspecified atom stereocenters. The van der Waals surface area contributed by atoms with Crippen LogP contribution < -0.4 is 10.2 Å². The predicted octanol–water partition coefficient (Wildman–Crippen LogP) is 2.32. The van der Waals surface area contributed by atoms with E-state index in [1.807, 2.05) is 36.4 Å². The SMILES string of the molecule is O=C1[C@H](Cc2ccc(Cl)cc2)CNCCN1c1n[nH]c(-c2ccncc2)n1. The third-order valence-electron chi connectivity index (χ3n) is 4.58. The van der Waals surface area contributed by atoms with Crippen molar-refractivity contribution in [3.05, 3.63) is 59.4 Å². The van der Waals surface area contributed by atoms with Gasteiger partial charge in [0.2, 0.25) is 5.91 Å². The van der Waals surface area contributed by atoms with Crippen molar-refractivity contribution in [3.8, 4) is 11.4 Å². The Bertz CT molecular complexity index is 911. The summed E-state index contributed by atoms with van der Waals surface area (Å²) < 4.78 is 0. The third-order valence-corrected chi connectivity index (χ3v) is 4.83. The fourth-order valence-corrected chi connectivity index (χ4v) is 3.29. The fourth-order valence-electron chi connectivity index (χ4n) is 3.16. The molecule has 1 atom stereocenters. The quantitative estimate of drug-likeness (QED) is 0.723. The molecule has 8 heteroatoms. The molecular weight excluding hydrogens is 364 g/mol. The van der Waals surface area contributed by atoms with Crippen LogP contribution >= 0.6 is 11.6 Å². The number of pyridine rings is 1. The Labute approximate surface area is 161 Å². The Morgan fingerprint density at radius 3 is 2.70 bits per heavy atom. The minimum absolute atomic E-state index is 0.0234. The van der Waals surface area contributed by atoms with Gasteiger partial charge in [-0.3, -0.25) is 19.8 Å². The highest BCUT2D eigenvalue weighted by molar-refractivity contribution is 6.30. The van der Waals surface area contributed by atoms with Crippen LogP contribution in [0.4, 0.5) is 5.95 Å². The van der Waals surface area contributed by atoms with Gasteiger partial charge in [0.15, 0.2) is 5.82 Å². The number of anilines is 1. The van der Waals surface area contributed by atoms with E-state index in [-0.39, 0.29) is 11.8 Å². The lowest BCUT2D eigenvalue weighted by Gasteiger charge is -2.20. The first-order valence-electron chi connectivity index (χ1n) is 8.80. The van der Waals surface area contributed by atoms with Crippen LogP contribution in [0.5, 0.6) is 0 Å². The van der Waals surface area contributed by atoms with E-state index in [2.05, 4.69) is 25.5 Å². The Balaban J connectivity index is 1.54. The van der Waals surface area contributed by atoms with Gasteiger partial charge in [-0.15, -0.1) is 5.10 Å². The molecule has 2 N–H and O–H groups in total. The number of carbonyl (C=O) groups excluding carboxylic acids is 1. The third kappa shape index (κ3) is 3.99. The lowest BCUT2D eigenvalue weighted by Crippen LogP contribution is -2.38. The van der Waals surface area contributed by atoms with Crippen LogP contribution in [0.25, 0.3) is 11.4 Å². The molecule has 2 aromatic heterocycles. The number of aromatic amines is 1. The van der Waals surface area contributed by atoms with Gasteiger partial charge >= 0.3 is 0 Å². The van der Waals surface area contributed by atoms with Crippen LogP contribution in [-0.4, -0.2) is 45.7 Å². The molecule has 138 valence electrons. The van der Waals surface area contributed by atoms with E-state index in [9.17, 15) is 4.79 Å². The molecule has 0 radical (unpaired) electrons. The highest BCUT2D eigenvalue weighted by Crippen LogP contribution is 2.21. The minimum atomic E-state index is -0.184. The van der Waals surface area contributed by atoms with Crippen LogP contribution in [0.2, 0.25) is 5.02 Å². The first-order valence-corrected chi connectivity index (χ1v) is 9.18. The molecule has 1 aliphatic rings. The number of nitrogens with one attached hydrogen (secondary N) is 2. The van der Waals surface area contributed by atoms with Gasteiger partial charge in [0.25, 0.3) is 5.95 Å². The Morgan fingerprint density at radius 2 is 1.93 bits per heavy atom. The molecule has 3 aromatic rings. The summed E-state index contributed by atoms with van der Waals surface area (Å²) in [7, 11) is 0. The van der Waals surface area contributed by atoms with Crippen molar-refractivity contribution in [3.63, 3.8) is 0 Å². The highest BCUT2D eigenvalue weighted by Gasteiger charge is 2.30. The second-order valence-electron chi connectivity index (χ2n) is 6.44. The molecule has 0 bridgehead atoms. The van der Waals surface area contributed by atoms with Crippen LogP contribution in [-0.2, 0) is 11.2 Å². The minimum Gasteiger partial charge on any atom is -0.314 e. The molecule has 0 aliphatic carbocycles. The maximum Gasteiger partial charge on any atom is 0.251 e. The highest BCUT2D eigenvalue weighted by atomic mass is 35.5. The zero-order valence-corrected chi connectivity index (χ0v) is 15.4. The molecule has 0 spiro atoms. The lowest BCUT2D eigenvalue weighted by atomic mass is 9.98. The maximum absolute atomic E-state index is 13.1. The van der Waals surface area contributed by atoms with Gasteiger partial charge in [-0.2, -0.15) is 4.98 Å². The van der Waals surface area contributed by atoms with E-state index in [1.54, 1.807) is 17.3 Å². The molecule has 1 saturated heterocycles. The summed E-state index contributed by atoms with van der Waals surface area (Å²) in [5.74, 6) is 0.857. The van der Waals surface area contributed by atoms with E-state index in [0.29, 0.717) is 42.9 Å². The van der Waals surface area contributed by atoms with Gasteiger partial charge in [0.05, 0.1) is 5.92 Å². The second kappa shape index (κ2) is 7.85. The van der Waals surface area contributed by atoms with Crippen LogP contribution in [0.1, 0.15) is 5.56 Å². The number of H-pyrrole nitrogens is 1. The molecule has 3 heterocycles. The number of rotatable bonds is 4. The van der Waals surface area contributed by atoms with Crippen molar-refractivity contribution in [2.45, 2.75) is 6.42 Å². The summed E-state index contributed by atoms with van der Waals surface area (Å²) in [4.78, 5) is 23.3. The van der Waals surface area contributed by atoms with Gasteiger partial charge in [-0.1, -0.05) is 23.7 Å². The normalized spacial score (nSPS) is 17.7. The number of halogens is 1. The van der Waals surface area contributed by atoms with E-state index >= 15 is 0 Å². The summed E-state index contributed by atoms with van der Waals surface area (Å²) in [6.45, 7) is 1.85.